The molecule has 0 fully saturated rings. The van der Waals surface area contributed by atoms with Crippen molar-refractivity contribution in [3.63, 3.8) is 0 Å². The number of rotatable bonds is 4. The average molecular weight is 368 g/mol. The molecule has 98 valence electrons. The van der Waals surface area contributed by atoms with E-state index in [0.717, 1.165) is 9.13 Å². The van der Waals surface area contributed by atoms with Gasteiger partial charge in [-0.1, -0.05) is 42.0 Å². The Morgan fingerprint density at radius 2 is 1.79 bits per heavy atom. The first kappa shape index (κ1) is 13.9. The number of hydrogen-bond donors (Lipinski definition) is 1. The molecule has 0 saturated carbocycles. The first-order valence-corrected chi connectivity index (χ1v) is 6.86. The molecule has 1 unspecified atom stereocenters. The molecule has 0 aliphatic heterocycles. The van der Waals surface area contributed by atoms with Crippen LogP contribution in [0.5, 0.6) is 5.75 Å². The van der Waals surface area contributed by atoms with Crippen molar-refractivity contribution < 1.29 is 14.6 Å². The maximum atomic E-state index is 11.4. The standard InChI is InChI=1S/C15H13IO3/c1-10-6-8-11(9-7-10)14(15(17)18)19-13-5-3-2-4-12(13)16/h2-9,14H,1H3,(H,17,18). The van der Waals surface area contributed by atoms with Crippen LogP contribution in [0.4, 0.5) is 0 Å². The molecule has 0 aliphatic carbocycles. The number of para-hydroxylation sites is 1. The zero-order valence-corrected chi connectivity index (χ0v) is 12.5. The predicted molar refractivity (Wildman–Crippen MR) is 81.3 cm³/mol. The minimum atomic E-state index is -0.997. The summed E-state index contributed by atoms with van der Waals surface area (Å²) in [5.41, 5.74) is 1.72. The summed E-state index contributed by atoms with van der Waals surface area (Å²) in [6.07, 6.45) is -0.989. The van der Waals surface area contributed by atoms with E-state index in [9.17, 15) is 9.90 Å². The van der Waals surface area contributed by atoms with Gasteiger partial charge in [0.15, 0.2) is 0 Å². The van der Waals surface area contributed by atoms with Crippen molar-refractivity contribution in [2.75, 3.05) is 0 Å². The van der Waals surface area contributed by atoms with Gasteiger partial charge in [0.1, 0.15) is 5.75 Å². The van der Waals surface area contributed by atoms with Crippen LogP contribution in [0, 0.1) is 10.5 Å². The number of halogens is 1. The highest BCUT2D eigenvalue weighted by molar-refractivity contribution is 14.1. The number of carboxylic acids is 1. The molecular formula is C15H13IO3. The van der Waals surface area contributed by atoms with Crippen molar-refractivity contribution in [1.82, 2.24) is 0 Å². The Morgan fingerprint density at radius 3 is 2.37 bits per heavy atom. The predicted octanol–water partition coefficient (Wildman–Crippen LogP) is 3.80. The first-order valence-electron chi connectivity index (χ1n) is 5.78. The summed E-state index contributed by atoms with van der Waals surface area (Å²) in [5.74, 6) is -0.417. The lowest BCUT2D eigenvalue weighted by Gasteiger charge is -2.16. The van der Waals surface area contributed by atoms with Crippen molar-refractivity contribution in [3.05, 3.63) is 63.2 Å². The number of hydrogen-bond acceptors (Lipinski definition) is 2. The first-order chi connectivity index (χ1) is 9.08. The lowest BCUT2D eigenvalue weighted by Crippen LogP contribution is -2.18. The third-order valence-electron chi connectivity index (χ3n) is 2.69. The Balaban J connectivity index is 2.29. The monoisotopic (exact) mass is 368 g/mol. The SMILES string of the molecule is Cc1ccc(C(Oc2ccccc2I)C(=O)O)cc1. The highest BCUT2D eigenvalue weighted by atomic mass is 127. The van der Waals surface area contributed by atoms with Gasteiger partial charge in [-0.3, -0.25) is 0 Å². The summed E-state index contributed by atoms with van der Waals surface area (Å²) in [4.78, 5) is 11.4. The normalized spacial score (nSPS) is 11.9. The zero-order valence-electron chi connectivity index (χ0n) is 10.3. The molecule has 4 heteroatoms. The van der Waals surface area contributed by atoms with Gasteiger partial charge in [-0.15, -0.1) is 0 Å². The Kier molecular flexibility index (Phi) is 4.42. The number of carbonyl (C=O) groups is 1. The third kappa shape index (κ3) is 3.47. The van der Waals surface area contributed by atoms with E-state index in [-0.39, 0.29) is 0 Å². The molecule has 3 nitrogen and oxygen atoms in total. The molecule has 2 rings (SSSR count). The van der Waals surface area contributed by atoms with E-state index in [0.29, 0.717) is 11.3 Å². The zero-order chi connectivity index (χ0) is 13.8. The van der Waals surface area contributed by atoms with Crippen LogP contribution in [-0.4, -0.2) is 11.1 Å². The summed E-state index contributed by atoms with van der Waals surface area (Å²) < 4.78 is 6.51. The summed E-state index contributed by atoms with van der Waals surface area (Å²) in [7, 11) is 0. The molecule has 0 radical (unpaired) electrons. The second-order valence-electron chi connectivity index (χ2n) is 4.18. The van der Waals surface area contributed by atoms with E-state index in [2.05, 4.69) is 22.6 Å². The molecule has 0 aromatic heterocycles. The van der Waals surface area contributed by atoms with Crippen LogP contribution in [0.3, 0.4) is 0 Å². The maximum absolute atomic E-state index is 11.4. The maximum Gasteiger partial charge on any atom is 0.349 e. The van der Waals surface area contributed by atoms with Gasteiger partial charge in [0.2, 0.25) is 6.10 Å². The largest absolute Gasteiger partial charge is 0.478 e. The van der Waals surface area contributed by atoms with Gasteiger partial charge in [-0.25, -0.2) is 4.79 Å². The Labute approximate surface area is 125 Å². The molecule has 1 N–H and O–H groups in total. The van der Waals surface area contributed by atoms with Crippen LogP contribution in [-0.2, 0) is 4.79 Å². The Bertz CT molecular complexity index is 578. The van der Waals surface area contributed by atoms with Crippen LogP contribution < -0.4 is 4.74 Å². The van der Waals surface area contributed by atoms with E-state index in [1.165, 1.54) is 0 Å². The van der Waals surface area contributed by atoms with E-state index in [4.69, 9.17) is 4.74 Å². The van der Waals surface area contributed by atoms with Gasteiger partial charge in [0.05, 0.1) is 3.57 Å². The van der Waals surface area contributed by atoms with Crippen molar-refractivity contribution in [1.29, 1.82) is 0 Å². The van der Waals surface area contributed by atoms with Crippen LogP contribution in [0.25, 0.3) is 0 Å². The second-order valence-corrected chi connectivity index (χ2v) is 5.34. The highest BCUT2D eigenvalue weighted by Gasteiger charge is 2.22. The lowest BCUT2D eigenvalue weighted by molar-refractivity contribution is -0.145. The number of aliphatic carboxylic acids is 1. The number of aryl methyl sites for hydroxylation is 1. The minimum Gasteiger partial charge on any atom is -0.478 e. The Hall–Kier alpha value is -1.56. The number of ether oxygens (including phenoxy) is 1. The van der Waals surface area contributed by atoms with E-state index >= 15 is 0 Å². The lowest BCUT2D eigenvalue weighted by atomic mass is 10.1. The fraction of sp³-hybridized carbons (Fsp3) is 0.133. The quantitative estimate of drug-likeness (QED) is 0.835. The topological polar surface area (TPSA) is 46.5 Å². The fourth-order valence-corrected chi connectivity index (χ4v) is 2.18. The number of carboxylic acid groups (broad SMARTS) is 1. The van der Waals surface area contributed by atoms with Gasteiger partial charge in [-0.2, -0.15) is 0 Å². The van der Waals surface area contributed by atoms with Gasteiger partial charge in [0.25, 0.3) is 0 Å². The van der Waals surface area contributed by atoms with E-state index in [1.54, 1.807) is 18.2 Å². The summed E-state index contributed by atoms with van der Waals surface area (Å²) >= 11 is 2.12. The molecule has 1 atom stereocenters. The number of benzene rings is 2. The van der Waals surface area contributed by atoms with Crippen LogP contribution in [0.1, 0.15) is 17.2 Å². The minimum absolute atomic E-state index is 0.580. The molecule has 19 heavy (non-hydrogen) atoms. The molecule has 0 bridgehead atoms. The molecule has 2 aromatic rings. The molecule has 0 saturated heterocycles. The van der Waals surface area contributed by atoms with Gasteiger partial charge >= 0.3 is 5.97 Å². The van der Waals surface area contributed by atoms with E-state index < -0.39 is 12.1 Å². The van der Waals surface area contributed by atoms with Gasteiger partial charge in [0, 0.05) is 5.56 Å². The van der Waals surface area contributed by atoms with Gasteiger partial charge < -0.3 is 9.84 Å². The molecule has 0 aliphatic rings. The molecule has 0 spiro atoms. The second kappa shape index (κ2) is 6.06. The van der Waals surface area contributed by atoms with Crippen molar-refractivity contribution in [3.8, 4) is 5.75 Å². The molecule has 0 amide bonds. The van der Waals surface area contributed by atoms with Gasteiger partial charge in [-0.05, 0) is 41.6 Å². The van der Waals surface area contributed by atoms with Crippen LogP contribution in [0.2, 0.25) is 0 Å². The summed E-state index contributed by atoms with van der Waals surface area (Å²) in [6, 6.07) is 14.7. The summed E-state index contributed by atoms with van der Waals surface area (Å²) in [5, 5.41) is 9.32. The fourth-order valence-electron chi connectivity index (χ4n) is 1.67. The van der Waals surface area contributed by atoms with Crippen LogP contribution in [0.15, 0.2) is 48.5 Å². The van der Waals surface area contributed by atoms with Crippen molar-refractivity contribution in [2.45, 2.75) is 13.0 Å². The third-order valence-corrected chi connectivity index (χ3v) is 3.58. The molecule has 2 aromatic carbocycles. The van der Waals surface area contributed by atoms with Crippen molar-refractivity contribution in [2.24, 2.45) is 0 Å². The summed E-state index contributed by atoms with van der Waals surface area (Å²) in [6.45, 7) is 1.96. The van der Waals surface area contributed by atoms with E-state index in [1.807, 2.05) is 37.3 Å². The Morgan fingerprint density at radius 1 is 1.16 bits per heavy atom. The molecular weight excluding hydrogens is 355 g/mol. The smallest absolute Gasteiger partial charge is 0.349 e. The average Bonchev–Trinajstić information content (AvgIpc) is 2.39. The van der Waals surface area contributed by atoms with Crippen molar-refractivity contribution >= 4 is 28.6 Å². The highest BCUT2D eigenvalue weighted by Crippen LogP contribution is 2.26. The molecule has 0 heterocycles. The van der Waals surface area contributed by atoms with Crippen LogP contribution >= 0.6 is 22.6 Å².